The summed E-state index contributed by atoms with van der Waals surface area (Å²) in [5.74, 6) is 1.28. The molecule has 1 N–H and O–H groups in total. The summed E-state index contributed by atoms with van der Waals surface area (Å²) >= 11 is 0. The number of amides is 1. The Hall–Kier alpha value is -4.07. The Morgan fingerprint density at radius 1 is 1.10 bits per heavy atom. The number of hydrogen-bond acceptors (Lipinski definition) is 4. The summed E-state index contributed by atoms with van der Waals surface area (Å²) in [6.45, 7) is 0.321. The van der Waals surface area contributed by atoms with Crippen LogP contribution in [-0.4, -0.2) is 29.9 Å². The largest absolute Gasteiger partial charge is 0.467 e. The summed E-state index contributed by atoms with van der Waals surface area (Å²) in [6.07, 6.45) is 9.20. The second-order valence-electron chi connectivity index (χ2n) is 6.71. The predicted molar refractivity (Wildman–Crippen MR) is 107 cm³/mol. The number of carbonyl (C=O) groups excluding carboxylic acids is 1. The molecular formula is C21H18N6O2. The predicted octanol–water partition coefficient (Wildman–Crippen LogP) is 3.05. The normalized spacial score (nSPS) is 11.2. The number of nitrogens with zero attached hydrogens (tertiary/aromatic N) is 5. The highest BCUT2D eigenvalue weighted by Gasteiger charge is 2.13. The van der Waals surface area contributed by atoms with Gasteiger partial charge in [0.25, 0.3) is 5.91 Å². The number of rotatable bonds is 5. The van der Waals surface area contributed by atoms with Crippen LogP contribution in [0.25, 0.3) is 22.5 Å². The Bertz CT molecular complexity index is 1290. The average Bonchev–Trinajstić information content (AvgIpc) is 3.52. The summed E-state index contributed by atoms with van der Waals surface area (Å²) in [6, 6.07) is 13.4. The molecule has 0 aromatic carbocycles. The minimum Gasteiger partial charge on any atom is -0.467 e. The first kappa shape index (κ1) is 17.1. The molecule has 0 atom stereocenters. The Kier molecular flexibility index (Phi) is 4.02. The van der Waals surface area contributed by atoms with Gasteiger partial charge < -0.3 is 14.1 Å². The molecule has 0 bridgehead atoms. The van der Waals surface area contributed by atoms with Crippen molar-refractivity contribution in [2.75, 3.05) is 0 Å². The maximum absolute atomic E-state index is 12.4. The number of nitrogens with one attached hydrogen (secondary N) is 1. The van der Waals surface area contributed by atoms with Gasteiger partial charge in [0.1, 0.15) is 11.6 Å². The first-order valence-corrected chi connectivity index (χ1v) is 9.14. The molecule has 1 amide bonds. The van der Waals surface area contributed by atoms with Crippen LogP contribution < -0.4 is 5.32 Å². The van der Waals surface area contributed by atoms with Gasteiger partial charge in [0.05, 0.1) is 19.0 Å². The molecule has 0 aliphatic rings. The monoisotopic (exact) mass is 386 g/mol. The van der Waals surface area contributed by atoms with Crippen molar-refractivity contribution in [2.45, 2.75) is 6.54 Å². The molecule has 5 rings (SSSR count). The van der Waals surface area contributed by atoms with Gasteiger partial charge in [0.2, 0.25) is 0 Å². The van der Waals surface area contributed by atoms with Crippen LogP contribution in [0.5, 0.6) is 0 Å². The van der Waals surface area contributed by atoms with Gasteiger partial charge in [-0.2, -0.15) is 10.2 Å². The van der Waals surface area contributed by atoms with Crippen molar-refractivity contribution in [1.29, 1.82) is 0 Å². The molecule has 144 valence electrons. The molecule has 29 heavy (non-hydrogen) atoms. The van der Waals surface area contributed by atoms with E-state index in [-0.39, 0.29) is 5.91 Å². The third-order valence-corrected chi connectivity index (χ3v) is 4.73. The molecular weight excluding hydrogens is 368 g/mol. The Balaban J connectivity index is 1.43. The third kappa shape index (κ3) is 3.20. The smallest absolute Gasteiger partial charge is 0.272 e. The van der Waals surface area contributed by atoms with Crippen molar-refractivity contribution < 1.29 is 9.21 Å². The van der Waals surface area contributed by atoms with Crippen molar-refractivity contribution in [3.05, 3.63) is 85.0 Å². The van der Waals surface area contributed by atoms with E-state index in [1.54, 1.807) is 34.0 Å². The van der Waals surface area contributed by atoms with Gasteiger partial charge in [0, 0.05) is 42.3 Å². The van der Waals surface area contributed by atoms with E-state index in [1.165, 1.54) is 0 Å². The van der Waals surface area contributed by atoms with Crippen molar-refractivity contribution in [3.8, 4) is 16.9 Å². The van der Waals surface area contributed by atoms with E-state index < -0.39 is 0 Å². The zero-order valence-corrected chi connectivity index (χ0v) is 15.7. The van der Waals surface area contributed by atoms with Crippen LogP contribution in [0.2, 0.25) is 0 Å². The molecule has 0 aliphatic carbocycles. The summed E-state index contributed by atoms with van der Waals surface area (Å²) in [7, 11) is 1.89. The van der Waals surface area contributed by atoms with Crippen molar-refractivity contribution in [1.82, 2.24) is 29.3 Å². The topological polar surface area (TPSA) is 82.3 Å². The molecule has 8 nitrogen and oxygen atoms in total. The molecule has 0 fully saturated rings. The lowest BCUT2D eigenvalue weighted by Gasteiger charge is -2.05. The van der Waals surface area contributed by atoms with Crippen LogP contribution in [0.4, 0.5) is 0 Å². The summed E-state index contributed by atoms with van der Waals surface area (Å²) in [4.78, 5) is 12.4. The zero-order valence-electron chi connectivity index (χ0n) is 15.7. The van der Waals surface area contributed by atoms with Gasteiger partial charge >= 0.3 is 0 Å². The molecule has 0 unspecified atom stereocenters. The highest BCUT2D eigenvalue weighted by Crippen LogP contribution is 2.22. The van der Waals surface area contributed by atoms with E-state index in [4.69, 9.17) is 4.42 Å². The first-order chi connectivity index (χ1) is 14.2. The maximum atomic E-state index is 12.4. The van der Waals surface area contributed by atoms with Gasteiger partial charge in [-0.05, 0) is 36.4 Å². The fourth-order valence-electron chi connectivity index (χ4n) is 3.26. The van der Waals surface area contributed by atoms with Crippen LogP contribution in [0, 0.1) is 0 Å². The standard InChI is InChI=1S/C21H18N6O2/c1-25-13-16(11-23-25)15-4-5-17-6-7-20(26(17)14-15)27-9-8-19(24-27)21(28)22-12-18-3-2-10-29-18/h2-11,13-14H,12H2,1H3,(H,22,28). The van der Waals surface area contributed by atoms with E-state index in [0.29, 0.717) is 18.0 Å². The van der Waals surface area contributed by atoms with Crippen molar-refractivity contribution >= 4 is 11.4 Å². The van der Waals surface area contributed by atoms with Crippen LogP contribution in [-0.2, 0) is 13.6 Å². The van der Waals surface area contributed by atoms with E-state index in [0.717, 1.165) is 22.5 Å². The molecule has 0 spiro atoms. The van der Waals surface area contributed by atoms with Gasteiger partial charge in [-0.15, -0.1) is 0 Å². The Morgan fingerprint density at radius 2 is 2.00 bits per heavy atom. The molecule has 8 heteroatoms. The first-order valence-electron chi connectivity index (χ1n) is 9.14. The fourth-order valence-corrected chi connectivity index (χ4v) is 3.26. The number of aromatic nitrogens is 5. The lowest BCUT2D eigenvalue weighted by molar-refractivity contribution is 0.0942. The maximum Gasteiger partial charge on any atom is 0.272 e. The number of furan rings is 1. The van der Waals surface area contributed by atoms with Crippen molar-refractivity contribution in [3.63, 3.8) is 0 Å². The average molecular weight is 386 g/mol. The second kappa shape index (κ2) is 6.83. The lowest BCUT2D eigenvalue weighted by Crippen LogP contribution is -2.23. The Morgan fingerprint density at radius 3 is 2.79 bits per heavy atom. The molecule has 0 radical (unpaired) electrons. The minimum atomic E-state index is -0.253. The zero-order chi connectivity index (χ0) is 19.8. The van der Waals surface area contributed by atoms with Gasteiger partial charge in [-0.1, -0.05) is 6.07 Å². The third-order valence-electron chi connectivity index (χ3n) is 4.73. The number of carbonyl (C=O) groups is 1. The lowest BCUT2D eigenvalue weighted by atomic mass is 10.1. The van der Waals surface area contributed by atoms with E-state index in [1.807, 2.05) is 54.3 Å². The molecule has 0 saturated carbocycles. The van der Waals surface area contributed by atoms with Crippen LogP contribution in [0.15, 0.2) is 77.9 Å². The molecule has 0 aliphatic heterocycles. The quantitative estimate of drug-likeness (QED) is 0.503. The molecule has 0 saturated heterocycles. The highest BCUT2D eigenvalue weighted by molar-refractivity contribution is 5.92. The fraction of sp³-hybridized carbons (Fsp3) is 0.0952. The minimum absolute atomic E-state index is 0.253. The SMILES string of the molecule is Cn1cc(-c2ccc3ccc(-n4ccc(C(=O)NCc5ccco5)n4)n3c2)cn1. The van der Waals surface area contributed by atoms with Crippen LogP contribution >= 0.6 is 0 Å². The molecule has 5 aromatic rings. The van der Waals surface area contributed by atoms with Crippen molar-refractivity contribution in [2.24, 2.45) is 7.05 Å². The van der Waals surface area contributed by atoms with E-state index in [9.17, 15) is 4.79 Å². The van der Waals surface area contributed by atoms with Gasteiger partial charge in [-0.25, -0.2) is 4.68 Å². The Labute approximate surface area is 166 Å². The van der Waals surface area contributed by atoms with E-state index in [2.05, 4.69) is 21.6 Å². The summed E-state index contributed by atoms with van der Waals surface area (Å²) < 4.78 is 10.7. The van der Waals surface area contributed by atoms with Gasteiger partial charge in [-0.3, -0.25) is 9.48 Å². The van der Waals surface area contributed by atoms with Crippen LogP contribution in [0.3, 0.4) is 0 Å². The number of aryl methyl sites for hydroxylation is 1. The van der Waals surface area contributed by atoms with Gasteiger partial charge in [0.15, 0.2) is 5.69 Å². The molecule has 5 heterocycles. The second-order valence-corrected chi connectivity index (χ2v) is 6.71. The van der Waals surface area contributed by atoms with E-state index >= 15 is 0 Å². The summed E-state index contributed by atoms with van der Waals surface area (Å²) in [5, 5.41) is 11.5. The number of pyridine rings is 1. The molecule has 5 aromatic heterocycles. The number of fused-ring (bicyclic) bond motifs is 1. The number of hydrogen-bond donors (Lipinski definition) is 1. The highest BCUT2D eigenvalue weighted by atomic mass is 16.3. The summed E-state index contributed by atoms with van der Waals surface area (Å²) in [5.41, 5.74) is 3.46. The van der Waals surface area contributed by atoms with Crippen LogP contribution in [0.1, 0.15) is 16.2 Å².